The van der Waals surface area contributed by atoms with Gasteiger partial charge >= 0.3 is 0 Å². The number of benzene rings is 1. The zero-order valence-electron chi connectivity index (χ0n) is 9.09. The highest BCUT2D eigenvalue weighted by atomic mass is 14.9. The Morgan fingerprint density at radius 1 is 1.21 bits per heavy atom. The van der Waals surface area contributed by atoms with Crippen molar-refractivity contribution in [1.29, 1.82) is 0 Å². The number of aryl methyl sites for hydroxylation is 1. The fourth-order valence-electron chi connectivity index (χ4n) is 2.09. The molecule has 0 heterocycles. The maximum absolute atomic E-state index is 3.56. The fourth-order valence-corrected chi connectivity index (χ4v) is 2.09. The van der Waals surface area contributed by atoms with Gasteiger partial charge in [0.2, 0.25) is 0 Å². The van der Waals surface area contributed by atoms with Crippen LogP contribution in [-0.2, 0) is 6.42 Å². The van der Waals surface area contributed by atoms with Gasteiger partial charge in [-0.3, -0.25) is 0 Å². The Hall–Kier alpha value is -0.980. The smallest absolute Gasteiger partial charge is 0.0342 e. The first-order chi connectivity index (χ1) is 6.78. The molecule has 2 rings (SSSR count). The Kier molecular flexibility index (Phi) is 2.76. The van der Waals surface area contributed by atoms with Crippen molar-refractivity contribution in [3.63, 3.8) is 0 Å². The fraction of sp³-hybridized carbons (Fsp3) is 0.538. The van der Waals surface area contributed by atoms with Gasteiger partial charge in [-0.15, -0.1) is 0 Å². The van der Waals surface area contributed by atoms with Gasteiger partial charge in [0.1, 0.15) is 0 Å². The van der Waals surface area contributed by atoms with E-state index < -0.39 is 0 Å². The third-order valence-electron chi connectivity index (χ3n) is 3.11. The van der Waals surface area contributed by atoms with E-state index in [1.54, 1.807) is 0 Å². The Morgan fingerprint density at radius 3 is 2.36 bits per heavy atom. The quantitative estimate of drug-likeness (QED) is 0.767. The number of rotatable bonds is 3. The maximum atomic E-state index is 3.56. The summed E-state index contributed by atoms with van der Waals surface area (Å²) in [6.45, 7) is 4.51. The molecule has 1 heteroatoms. The van der Waals surface area contributed by atoms with Crippen LogP contribution in [0.3, 0.4) is 0 Å². The highest BCUT2D eigenvalue weighted by Crippen LogP contribution is 2.29. The summed E-state index contributed by atoms with van der Waals surface area (Å²) in [6, 6.07) is 9.54. The van der Waals surface area contributed by atoms with E-state index in [9.17, 15) is 0 Å². The molecule has 1 aromatic carbocycles. The average Bonchev–Trinajstić information content (AvgIpc) is 2.17. The summed E-state index contributed by atoms with van der Waals surface area (Å²) in [6.07, 6.45) is 3.78. The molecule has 76 valence electrons. The summed E-state index contributed by atoms with van der Waals surface area (Å²) in [7, 11) is 0. The van der Waals surface area contributed by atoms with E-state index in [1.807, 2.05) is 0 Å². The molecule has 1 saturated carbocycles. The molecule has 0 unspecified atom stereocenters. The predicted molar refractivity (Wildman–Crippen MR) is 61.6 cm³/mol. The van der Waals surface area contributed by atoms with Gasteiger partial charge in [0, 0.05) is 11.7 Å². The minimum absolute atomic E-state index is 0.720. The molecule has 0 saturated heterocycles. The van der Waals surface area contributed by atoms with Crippen molar-refractivity contribution in [2.45, 2.75) is 39.2 Å². The Balaban J connectivity index is 1.90. The summed E-state index contributed by atoms with van der Waals surface area (Å²) in [5, 5.41) is 3.56. The SMILES string of the molecule is CCc1ccc(NC2CC(C)C2)cc1. The van der Waals surface area contributed by atoms with Gasteiger partial charge in [-0.2, -0.15) is 0 Å². The van der Waals surface area contributed by atoms with Gasteiger partial charge in [-0.25, -0.2) is 0 Å². The van der Waals surface area contributed by atoms with Crippen LogP contribution in [0.5, 0.6) is 0 Å². The van der Waals surface area contributed by atoms with E-state index in [2.05, 4.69) is 43.4 Å². The lowest BCUT2D eigenvalue weighted by Gasteiger charge is -2.34. The maximum Gasteiger partial charge on any atom is 0.0342 e. The van der Waals surface area contributed by atoms with Crippen LogP contribution in [0.4, 0.5) is 5.69 Å². The molecule has 0 aromatic heterocycles. The molecular formula is C13H19N. The van der Waals surface area contributed by atoms with Gasteiger partial charge in [-0.1, -0.05) is 26.0 Å². The van der Waals surface area contributed by atoms with Crippen molar-refractivity contribution in [3.8, 4) is 0 Å². The Morgan fingerprint density at radius 2 is 1.86 bits per heavy atom. The van der Waals surface area contributed by atoms with Crippen LogP contribution in [0.1, 0.15) is 32.3 Å². The van der Waals surface area contributed by atoms with E-state index in [0.717, 1.165) is 18.4 Å². The molecule has 0 aliphatic heterocycles. The lowest BCUT2D eigenvalue weighted by Crippen LogP contribution is -2.33. The highest BCUT2D eigenvalue weighted by Gasteiger charge is 2.24. The molecule has 0 spiro atoms. The second kappa shape index (κ2) is 4.04. The van der Waals surface area contributed by atoms with Crippen molar-refractivity contribution in [2.24, 2.45) is 5.92 Å². The predicted octanol–water partition coefficient (Wildman–Crippen LogP) is 3.46. The molecule has 14 heavy (non-hydrogen) atoms. The molecule has 0 radical (unpaired) electrons. The topological polar surface area (TPSA) is 12.0 Å². The summed E-state index contributed by atoms with van der Waals surface area (Å²) < 4.78 is 0. The van der Waals surface area contributed by atoms with Gasteiger partial charge < -0.3 is 5.32 Å². The van der Waals surface area contributed by atoms with E-state index in [-0.39, 0.29) is 0 Å². The summed E-state index contributed by atoms with van der Waals surface area (Å²) in [5.41, 5.74) is 2.69. The normalized spacial score (nSPS) is 25.6. The average molecular weight is 189 g/mol. The zero-order valence-corrected chi connectivity index (χ0v) is 9.09. The second-order valence-corrected chi connectivity index (χ2v) is 4.47. The first kappa shape index (κ1) is 9.57. The van der Waals surface area contributed by atoms with Crippen molar-refractivity contribution >= 4 is 5.69 Å². The number of hydrogen-bond donors (Lipinski definition) is 1. The van der Waals surface area contributed by atoms with Gasteiger partial charge in [0.15, 0.2) is 0 Å². The third-order valence-corrected chi connectivity index (χ3v) is 3.11. The molecular weight excluding hydrogens is 170 g/mol. The molecule has 1 aromatic rings. The molecule has 1 aliphatic rings. The number of anilines is 1. The zero-order chi connectivity index (χ0) is 9.97. The van der Waals surface area contributed by atoms with Gasteiger partial charge in [0.25, 0.3) is 0 Å². The van der Waals surface area contributed by atoms with Crippen molar-refractivity contribution in [3.05, 3.63) is 29.8 Å². The third kappa shape index (κ3) is 2.09. The van der Waals surface area contributed by atoms with E-state index >= 15 is 0 Å². The number of nitrogens with one attached hydrogen (secondary N) is 1. The molecule has 1 fully saturated rings. The Labute approximate surface area is 86.5 Å². The molecule has 0 bridgehead atoms. The van der Waals surface area contributed by atoms with Crippen LogP contribution in [0.25, 0.3) is 0 Å². The van der Waals surface area contributed by atoms with Crippen molar-refractivity contribution < 1.29 is 0 Å². The molecule has 1 aliphatic carbocycles. The van der Waals surface area contributed by atoms with Gasteiger partial charge in [-0.05, 0) is 42.9 Å². The molecule has 0 amide bonds. The van der Waals surface area contributed by atoms with Crippen LogP contribution < -0.4 is 5.32 Å². The first-order valence-electron chi connectivity index (χ1n) is 5.63. The van der Waals surface area contributed by atoms with E-state index in [4.69, 9.17) is 0 Å². The van der Waals surface area contributed by atoms with Crippen LogP contribution in [0.2, 0.25) is 0 Å². The molecule has 1 N–H and O–H groups in total. The van der Waals surface area contributed by atoms with E-state index in [1.165, 1.54) is 24.1 Å². The lowest BCUT2D eigenvalue weighted by atomic mass is 9.82. The first-order valence-corrected chi connectivity index (χ1v) is 5.63. The summed E-state index contributed by atoms with van der Waals surface area (Å²) >= 11 is 0. The van der Waals surface area contributed by atoms with E-state index in [0.29, 0.717) is 0 Å². The lowest BCUT2D eigenvalue weighted by molar-refractivity contribution is 0.309. The minimum Gasteiger partial charge on any atom is -0.382 e. The Bertz CT molecular complexity index is 283. The van der Waals surface area contributed by atoms with Crippen LogP contribution >= 0.6 is 0 Å². The monoisotopic (exact) mass is 189 g/mol. The van der Waals surface area contributed by atoms with Crippen LogP contribution in [0, 0.1) is 5.92 Å². The van der Waals surface area contributed by atoms with Crippen molar-refractivity contribution in [1.82, 2.24) is 0 Å². The standard InChI is InChI=1S/C13H19N/c1-3-11-4-6-12(7-5-11)14-13-8-10(2)9-13/h4-7,10,13-14H,3,8-9H2,1-2H3. The summed E-state index contributed by atoms with van der Waals surface area (Å²) in [4.78, 5) is 0. The van der Waals surface area contributed by atoms with Crippen molar-refractivity contribution in [2.75, 3.05) is 5.32 Å². The molecule has 0 atom stereocenters. The van der Waals surface area contributed by atoms with Gasteiger partial charge in [0.05, 0.1) is 0 Å². The van der Waals surface area contributed by atoms with Crippen LogP contribution in [-0.4, -0.2) is 6.04 Å². The summed E-state index contributed by atoms with van der Waals surface area (Å²) in [5.74, 6) is 0.919. The largest absolute Gasteiger partial charge is 0.382 e. The highest BCUT2D eigenvalue weighted by molar-refractivity contribution is 5.45. The number of hydrogen-bond acceptors (Lipinski definition) is 1. The minimum atomic E-state index is 0.720. The molecule has 1 nitrogen and oxygen atoms in total. The van der Waals surface area contributed by atoms with Crippen LogP contribution in [0.15, 0.2) is 24.3 Å². The second-order valence-electron chi connectivity index (χ2n) is 4.47.